The summed E-state index contributed by atoms with van der Waals surface area (Å²) in [5.41, 5.74) is 12.8. The molecule has 13 heteroatoms. The van der Waals surface area contributed by atoms with Crippen LogP contribution in [0.5, 0.6) is 0 Å². The lowest BCUT2D eigenvalue weighted by Gasteiger charge is -2.36. The smallest absolute Gasteiger partial charge is 0.246 e. The van der Waals surface area contributed by atoms with Gasteiger partial charge in [-0.1, -0.05) is 72.2 Å². The summed E-state index contributed by atoms with van der Waals surface area (Å²) < 4.78 is 4.67. The van der Waals surface area contributed by atoms with Gasteiger partial charge in [-0.3, -0.25) is 15.4 Å². The zero-order chi connectivity index (χ0) is 36.9. The normalized spacial score (nSPS) is 15.0. The molecule has 0 aliphatic carbocycles. The molecule has 3 rings (SSSR count). The second-order valence-electron chi connectivity index (χ2n) is 13.1. The number of nitrogens with zero attached hydrogens (tertiary/aromatic N) is 2. The number of hydrazine groups is 1. The van der Waals surface area contributed by atoms with Gasteiger partial charge in [0.25, 0.3) is 0 Å². The van der Waals surface area contributed by atoms with Gasteiger partial charge in [-0.15, -0.1) is 11.3 Å². The summed E-state index contributed by atoms with van der Waals surface area (Å²) >= 11 is 1.70. The third-order valence-corrected chi connectivity index (χ3v) is 8.52. The molecule has 12 nitrogen and oxygen atoms in total. The van der Waals surface area contributed by atoms with E-state index in [9.17, 15) is 14.4 Å². The third kappa shape index (κ3) is 15.2. The Morgan fingerprint density at radius 1 is 1.19 bits per heavy atom. The van der Waals surface area contributed by atoms with Crippen LogP contribution in [0.3, 0.4) is 0 Å². The molecule has 0 radical (unpaired) electrons. The summed E-state index contributed by atoms with van der Waals surface area (Å²) in [6.07, 6.45) is 5.54. The third-order valence-electron chi connectivity index (χ3n) is 7.54. The molecule has 2 heterocycles. The second-order valence-corrected chi connectivity index (χ2v) is 14.0. The van der Waals surface area contributed by atoms with E-state index in [4.69, 9.17) is 16.7 Å². The van der Waals surface area contributed by atoms with Crippen LogP contribution < -0.4 is 27.6 Å². The zero-order valence-electron chi connectivity index (χ0n) is 30.7. The van der Waals surface area contributed by atoms with Gasteiger partial charge in [-0.2, -0.15) is 0 Å². The lowest BCUT2D eigenvalue weighted by Crippen LogP contribution is -2.57. The molecule has 0 unspecified atom stereocenters. The number of ether oxygens (including phenoxy) is 1. The number of likely N-dealkylation sites (tertiary alicyclic amines) is 1. The molecule has 1 aromatic heterocycles. The highest BCUT2D eigenvalue weighted by atomic mass is 32.1. The number of rotatable bonds is 12. The maximum absolute atomic E-state index is 12.9. The van der Waals surface area contributed by atoms with Gasteiger partial charge in [0.15, 0.2) is 0 Å². The van der Waals surface area contributed by atoms with Crippen LogP contribution in [0.15, 0.2) is 41.7 Å². The Hall–Kier alpha value is -3.36. The quantitative estimate of drug-likeness (QED) is 0.108. The first-order chi connectivity index (χ1) is 22.7. The minimum Gasteiger partial charge on any atom is -0.400 e. The summed E-state index contributed by atoms with van der Waals surface area (Å²) in [6, 6.07) is 7.66. The maximum atomic E-state index is 12.9. The van der Waals surface area contributed by atoms with Crippen molar-refractivity contribution in [3.63, 3.8) is 0 Å². The van der Waals surface area contributed by atoms with E-state index in [0.29, 0.717) is 25.3 Å². The minimum atomic E-state index is -0.619. The number of aldehydes is 1. The van der Waals surface area contributed by atoms with E-state index in [0.717, 1.165) is 44.9 Å². The summed E-state index contributed by atoms with van der Waals surface area (Å²) in [7, 11) is 4.53. The number of aliphatic hydroxyl groups is 1. The van der Waals surface area contributed by atoms with Gasteiger partial charge in [0.1, 0.15) is 12.3 Å². The molecule has 2 amide bonds. The van der Waals surface area contributed by atoms with Crippen LogP contribution in [-0.4, -0.2) is 79.6 Å². The Kier molecular flexibility index (Phi) is 21.5. The standard InChI is InChI=1S/C18H32N2O3.C12H14N2S.C4H11N3O.CH4O/c1-7-10-18(5,6)16(23)19-14(17(2,3)4)15(22)20-11-8-9-13(20)12-21;1-9-12(15-8-14-9)11-5-3-10(4-6-11)7-13-2;1-8-3-4(5)2-7-6;1-2/h12-14H,7-11H2,1-6H3,(H,19,23);3-6,8,13H,7H2,1-2H3;2,7H,3,5-6H2,1H3;2H,1H3/b;;4-2-;/t13-,14+;;;/m1.../s1. The molecule has 2 aromatic rings. The number of nitrogens with one attached hydrogen (secondary N) is 3. The number of nitrogens with two attached hydrogens (primary N) is 2. The predicted molar refractivity (Wildman–Crippen MR) is 196 cm³/mol. The summed E-state index contributed by atoms with van der Waals surface area (Å²) in [5, 5.41) is 13.1. The molecule has 8 N–H and O–H groups in total. The van der Waals surface area contributed by atoms with E-state index < -0.39 is 16.9 Å². The SMILES string of the molecule is CCCC(C)(C)C(=O)N[C@@H](C(=O)N1CCC[C@@H]1C=O)C(C)(C)C.CNCc1ccc(-c2scnc2C)cc1.CO.COC/C(N)=C/NN. The summed E-state index contributed by atoms with van der Waals surface area (Å²) in [6.45, 7) is 15.6. The Balaban J connectivity index is 0.000000753. The Morgan fingerprint density at radius 2 is 1.81 bits per heavy atom. The molecule has 1 saturated heterocycles. The number of carbonyl (C=O) groups is 3. The van der Waals surface area contributed by atoms with E-state index >= 15 is 0 Å². The first-order valence-corrected chi connectivity index (χ1v) is 17.1. The van der Waals surface area contributed by atoms with Gasteiger partial charge in [0.05, 0.1) is 34.4 Å². The number of hydrogen-bond acceptors (Lipinski definition) is 11. The van der Waals surface area contributed by atoms with Crippen LogP contribution in [0.4, 0.5) is 0 Å². The van der Waals surface area contributed by atoms with Gasteiger partial charge < -0.3 is 41.3 Å². The number of benzene rings is 1. The topological polar surface area (TPSA) is 185 Å². The highest BCUT2D eigenvalue weighted by Crippen LogP contribution is 2.29. The zero-order valence-corrected chi connectivity index (χ0v) is 31.5. The van der Waals surface area contributed by atoms with E-state index in [1.807, 2.05) is 61.0 Å². The average Bonchev–Trinajstić information content (AvgIpc) is 3.70. The van der Waals surface area contributed by atoms with Crippen LogP contribution in [0.25, 0.3) is 10.4 Å². The molecule has 2 atom stereocenters. The molecule has 0 saturated carbocycles. The molecule has 1 aliphatic heterocycles. The number of aromatic nitrogens is 1. The number of hydrogen-bond donors (Lipinski definition) is 6. The largest absolute Gasteiger partial charge is 0.400 e. The number of thiazole rings is 1. The van der Waals surface area contributed by atoms with Gasteiger partial charge in [-0.25, -0.2) is 4.98 Å². The van der Waals surface area contributed by atoms with Gasteiger partial charge >= 0.3 is 0 Å². The van der Waals surface area contributed by atoms with E-state index in [2.05, 4.69) is 50.0 Å². The molecule has 1 fully saturated rings. The molecular weight excluding hydrogens is 630 g/mol. The molecule has 1 aromatic carbocycles. The fourth-order valence-electron chi connectivity index (χ4n) is 4.96. The van der Waals surface area contributed by atoms with E-state index in [1.54, 1.807) is 23.3 Å². The summed E-state index contributed by atoms with van der Waals surface area (Å²) in [5.74, 6) is 4.65. The lowest BCUT2D eigenvalue weighted by atomic mass is 9.82. The first kappa shape index (κ1) is 44.6. The number of aliphatic hydroxyl groups excluding tert-OH is 1. The fraction of sp³-hybridized carbons (Fsp3) is 0.600. The Labute approximate surface area is 292 Å². The van der Waals surface area contributed by atoms with Crippen molar-refractivity contribution in [3.8, 4) is 10.4 Å². The van der Waals surface area contributed by atoms with Crippen LogP contribution in [0.1, 0.15) is 78.5 Å². The van der Waals surface area contributed by atoms with Crippen molar-refractivity contribution in [1.29, 1.82) is 0 Å². The molecule has 0 spiro atoms. The van der Waals surface area contributed by atoms with E-state index in [-0.39, 0.29) is 17.9 Å². The Morgan fingerprint density at radius 3 is 2.27 bits per heavy atom. The number of aryl methyl sites for hydroxylation is 1. The molecule has 1 aliphatic rings. The van der Waals surface area contributed by atoms with Crippen LogP contribution in [0.2, 0.25) is 0 Å². The van der Waals surface area contributed by atoms with Crippen molar-refractivity contribution >= 4 is 29.4 Å². The molecule has 272 valence electrons. The fourth-order valence-corrected chi connectivity index (χ4v) is 5.77. The number of amides is 2. The Bertz CT molecular complexity index is 1240. The minimum absolute atomic E-state index is 0.102. The van der Waals surface area contributed by atoms with Crippen molar-refractivity contribution in [2.75, 3.05) is 34.4 Å². The summed E-state index contributed by atoms with van der Waals surface area (Å²) in [4.78, 5) is 43.9. The van der Waals surface area contributed by atoms with Crippen molar-refractivity contribution in [3.05, 3.63) is 52.9 Å². The molecular formula is C35H61N7O5S. The van der Waals surface area contributed by atoms with Crippen molar-refractivity contribution in [2.24, 2.45) is 22.4 Å². The average molecular weight is 692 g/mol. The molecule has 48 heavy (non-hydrogen) atoms. The monoisotopic (exact) mass is 691 g/mol. The van der Waals surface area contributed by atoms with Crippen molar-refractivity contribution in [2.45, 2.75) is 92.8 Å². The van der Waals surface area contributed by atoms with Crippen LogP contribution in [0, 0.1) is 17.8 Å². The number of methoxy groups -OCH3 is 1. The van der Waals surface area contributed by atoms with Crippen molar-refractivity contribution < 1.29 is 24.2 Å². The van der Waals surface area contributed by atoms with Crippen LogP contribution in [-0.2, 0) is 25.7 Å². The van der Waals surface area contributed by atoms with Gasteiger partial charge in [0.2, 0.25) is 11.8 Å². The van der Waals surface area contributed by atoms with Gasteiger partial charge in [-0.05, 0) is 49.8 Å². The number of carbonyl (C=O) groups excluding carboxylic acids is 3. The van der Waals surface area contributed by atoms with Gasteiger partial charge in [0, 0.05) is 38.9 Å². The maximum Gasteiger partial charge on any atom is 0.246 e. The highest BCUT2D eigenvalue weighted by Gasteiger charge is 2.41. The molecule has 0 bridgehead atoms. The second kappa shape index (κ2) is 23.1. The first-order valence-electron chi connectivity index (χ1n) is 16.2. The highest BCUT2D eigenvalue weighted by molar-refractivity contribution is 7.13. The van der Waals surface area contributed by atoms with E-state index in [1.165, 1.54) is 22.2 Å². The van der Waals surface area contributed by atoms with Crippen molar-refractivity contribution in [1.82, 2.24) is 25.9 Å². The lowest BCUT2D eigenvalue weighted by molar-refractivity contribution is -0.143. The van der Waals surface area contributed by atoms with Crippen LogP contribution >= 0.6 is 11.3 Å². The predicted octanol–water partition coefficient (Wildman–Crippen LogP) is 3.88.